The maximum absolute atomic E-state index is 5.32. The lowest BCUT2D eigenvalue weighted by atomic mass is 9.96. The largest absolute Gasteiger partial charge is 0.278 e. The van der Waals surface area contributed by atoms with Crippen molar-refractivity contribution in [3.8, 4) is 28.7 Å². The second-order valence-electron chi connectivity index (χ2n) is 12.6. The van der Waals surface area contributed by atoms with Crippen molar-refractivity contribution < 1.29 is 0 Å². The number of hydrogen-bond donors (Lipinski definition) is 0. The minimum atomic E-state index is 0.590. The van der Waals surface area contributed by atoms with Crippen LogP contribution in [-0.2, 0) is 0 Å². The van der Waals surface area contributed by atoms with Crippen molar-refractivity contribution in [3.05, 3.63) is 152 Å². The summed E-state index contributed by atoms with van der Waals surface area (Å²) in [6.07, 6.45) is 0. The third-order valence-corrected chi connectivity index (χ3v) is 10.9. The van der Waals surface area contributed by atoms with Crippen LogP contribution in [0, 0.1) is 0 Å². The van der Waals surface area contributed by atoms with Gasteiger partial charge in [-0.1, -0.05) is 133 Å². The van der Waals surface area contributed by atoms with Crippen molar-refractivity contribution in [2.45, 2.75) is 6.92 Å². The van der Waals surface area contributed by atoms with Crippen LogP contribution in [0.1, 0.15) is 12.5 Å². The van der Waals surface area contributed by atoms with Gasteiger partial charge in [0, 0.05) is 42.1 Å². The molecule has 0 fully saturated rings. The molecule has 5 heteroatoms. The first kappa shape index (κ1) is 27.9. The van der Waals surface area contributed by atoms with E-state index in [4.69, 9.17) is 15.0 Å². The molecule has 4 nitrogen and oxygen atoms in total. The molecule has 230 valence electrons. The van der Waals surface area contributed by atoms with Crippen LogP contribution in [0.2, 0.25) is 0 Å². The molecule has 3 heterocycles. The molecule has 10 aromatic rings. The minimum absolute atomic E-state index is 0.590. The quantitative estimate of drug-likeness (QED) is 0.191. The van der Waals surface area contributed by atoms with Crippen LogP contribution in [0.3, 0.4) is 0 Å². The van der Waals surface area contributed by atoms with Gasteiger partial charge in [-0.15, -0.1) is 11.3 Å². The van der Waals surface area contributed by atoms with Gasteiger partial charge in [-0.3, -0.25) is 4.57 Å². The molecule has 0 aliphatic carbocycles. The number of aromatic nitrogens is 4. The summed E-state index contributed by atoms with van der Waals surface area (Å²) in [6, 6.07) is 49.2. The number of para-hydroxylation sites is 1. The Morgan fingerprint density at radius 3 is 2.00 bits per heavy atom. The molecule has 49 heavy (non-hydrogen) atoms. The predicted molar refractivity (Wildman–Crippen MR) is 208 cm³/mol. The van der Waals surface area contributed by atoms with Crippen molar-refractivity contribution in [2.75, 3.05) is 0 Å². The van der Waals surface area contributed by atoms with Crippen LogP contribution in [0.25, 0.3) is 97.8 Å². The van der Waals surface area contributed by atoms with Gasteiger partial charge in [0.2, 0.25) is 5.95 Å². The standard InChI is InChI=1S/C44H28N4S/c1-26(2)28-17-10-19-31-30(28)18-11-21-35(31)43-45-42(34-20-9-13-27-12-3-4-14-29(27)34)46-44(47-43)48-37-22-7-5-16-36(37)40-38(48)25-24-33-32-15-6-8-23-39(32)49-41(33)40/h3-25H,1H2,2H3. The highest BCUT2D eigenvalue weighted by molar-refractivity contribution is 7.26. The zero-order valence-electron chi connectivity index (χ0n) is 26.7. The number of fused-ring (bicyclic) bond motifs is 9. The molecule has 0 spiro atoms. The van der Waals surface area contributed by atoms with Gasteiger partial charge in [-0.05, 0) is 52.2 Å². The predicted octanol–water partition coefficient (Wildman–Crippen LogP) is 12.0. The smallest absolute Gasteiger partial charge is 0.238 e. The van der Waals surface area contributed by atoms with Crippen molar-refractivity contribution in [1.29, 1.82) is 0 Å². The van der Waals surface area contributed by atoms with Gasteiger partial charge >= 0.3 is 0 Å². The average molecular weight is 645 g/mol. The van der Waals surface area contributed by atoms with Gasteiger partial charge in [0.05, 0.1) is 11.0 Å². The van der Waals surface area contributed by atoms with E-state index in [0.29, 0.717) is 17.6 Å². The maximum atomic E-state index is 5.32. The topological polar surface area (TPSA) is 43.6 Å². The molecule has 0 atom stereocenters. The Morgan fingerprint density at radius 2 is 1.16 bits per heavy atom. The summed E-state index contributed by atoms with van der Waals surface area (Å²) in [4.78, 5) is 15.9. The van der Waals surface area contributed by atoms with E-state index in [9.17, 15) is 0 Å². The Kier molecular flexibility index (Phi) is 6.08. The SMILES string of the molecule is C=C(C)c1cccc2c(-c3nc(-c4cccc5ccccc45)nc(-n4c5ccccc5c5c6sc7ccccc7c6ccc54)n3)cccc12. The van der Waals surface area contributed by atoms with E-state index in [2.05, 4.69) is 158 Å². The third kappa shape index (κ3) is 4.19. The molecule has 0 aliphatic rings. The summed E-state index contributed by atoms with van der Waals surface area (Å²) in [5.74, 6) is 1.86. The molecule has 0 unspecified atom stereocenters. The van der Waals surface area contributed by atoms with Crippen molar-refractivity contribution in [2.24, 2.45) is 0 Å². The number of allylic oxidation sites excluding steroid dienone is 1. The number of thiophene rings is 1. The summed E-state index contributed by atoms with van der Waals surface area (Å²) < 4.78 is 4.78. The van der Waals surface area contributed by atoms with Crippen LogP contribution in [-0.4, -0.2) is 19.5 Å². The minimum Gasteiger partial charge on any atom is -0.278 e. The first-order valence-electron chi connectivity index (χ1n) is 16.4. The van der Waals surface area contributed by atoms with Gasteiger partial charge in [-0.25, -0.2) is 4.98 Å². The van der Waals surface area contributed by atoms with Gasteiger partial charge in [0.25, 0.3) is 0 Å². The van der Waals surface area contributed by atoms with Gasteiger partial charge in [-0.2, -0.15) is 9.97 Å². The summed E-state index contributed by atoms with van der Waals surface area (Å²) in [5.41, 5.74) is 6.21. The maximum Gasteiger partial charge on any atom is 0.238 e. The van der Waals surface area contributed by atoms with E-state index in [1.807, 2.05) is 11.3 Å². The highest BCUT2D eigenvalue weighted by atomic mass is 32.1. The lowest BCUT2D eigenvalue weighted by molar-refractivity contribution is 0.955. The summed E-state index contributed by atoms with van der Waals surface area (Å²) in [7, 11) is 0. The number of benzene rings is 7. The molecule has 0 radical (unpaired) electrons. The van der Waals surface area contributed by atoms with E-state index >= 15 is 0 Å². The molecule has 0 amide bonds. The highest BCUT2D eigenvalue weighted by Gasteiger charge is 2.21. The zero-order chi connectivity index (χ0) is 32.6. The molecule has 7 aromatic carbocycles. The summed E-state index contributed by atoms with van der Waals surface area (Å²) in [6.45, 7) is 6.31. The van der Waals surface area contributed by atoms with E-state index < -0.39 is 0 Å². The number of hydrogen-bond acceptors (Lipinski definition) is 4. The van der Waals surface area contributed by atoms with Crippen molar-refractivity contribution in [1.82, 2.24) is 19.5 Å². The zero-order valence-corrected chi connectivity index (χ0v) is 27.5. The second kappa shape index (κ2) is 10.7. The number of rotatable bonds is 4. The molecule has 0 saturated carbocycles. The molecule has 0 aliphatic heterocycles. The van der Waals surface area contributed by atoms with Crippen LogP contribution in [0.15, 0.2) is 146 Å². The Balaban J connectivity index is 1.33. The molecular formula is C44H28N4S. The fraction of sp³-hybridized carbons (Fsp3) is 0.0227. The van der Waals surface area contributed by atoms with Gasteiger partial charge < -0.3 is 0 Å². The molecule has 0 bridgehead atoms. The van der Waals surface area contributed by atoms with Gasteiger partial charge in [0.1, 0.15) is 0 Å². The van der Waals surface area contributed by atoms with E-state index in [1.165, 1.54) is 30.9 Å². The molecule has 3 aromatic heterocycles. The Bertz CT molecular complexity index is 2980. The Labute approximate surface area is 286 Å². The lowest BCUT2D eigenvalue weighted by Gasteiger charge is -2.14. The van der Waals surface area contributed by atoms with Crippen molar-refractivity contribution >= 4 is 80.4 Å². The lowest BCUT2D eigenvalue weighted by Crippen LogP contribution is -2.06. The molecule has 0 N–H and O–H groups in total. The summed E-state index contributed by atoms with van der Waals surface area (Å²) in [5, 5.41) is 9.41. The van der Waals surface area contributed by atoms with E-state index in [1.54, 1.807) is 0 Å². The van der Waals surface area contributed by atoms with Crippen LogP contribution < -0.4 is 0 Å². The molecular weight excluding hydrogens is 617 g/mol. The summed E-state index contributed by atoms with van der Waals surface area (Å²) >= 11 is 1.85. The molecule has 0 saturated heterocycles. The first-order valence-corrected chi connectivity index (χ1v) is 17.2. The Morgan fingerprint density at radius 1 is 0.531 bits per heavy atom. The number of nitrogens with zero attached hydrogens (tertiary/aromatic N) is 4. The fourth-order valence-corrected chi connectivity index (χ4v) is 8.71. The van der Waals surface area contributed by atoms with Crippen LogP contribution in [0.5, 0.6) is 0 Å². The van der Waals surface area contributed by atoms with Gasteiger partial charge in [0.15, 0.2) is 11.6 Å². The van der Waals surface area contributed by atoms with Crippen molar-refractivity contribution in [3.63, 3.8) is 0 Å². The Hall–Kier alpha value is -6.17. The highest BCUT2D eigenvalue weighted by Crippen LogP contribution is 2.43. The fourth-order valence-electron chi connectivity index (χ4n) is 7.45. The monoisotopic (exact) mass is 644 g/mol. The van der Waals surface area contributed by atoms with E-state index in [-0.39, 0.29) is 0 Å². The van der Waals surface area contributed by atoms with Crippen LogP contribution >= 0.6 is 11.3 Å². The molecule has 10 rings (SSSR count). The first-order chi connectivity index (χ1) is 24.1. The van der Waals surface area contributed by atoms with E-state index in [0.717, 1.165) is 54.8 Å². The second-order valence-corrected chi connectivity index (χ2v) is 13.6. The third-order valence-electron chi connectivity index (χ3n) is 9.66. The normalized spacial score (nSPS) is 11.9. The average Bonchev–Trinajstić information content (AvgIpc) is 3.70. The van der Waals surface area contributed by atoms with Crippen LogP contribution in [0.4, 0.5) is 0 Å².